The molecular weight excluding hydrogens is 234 g/mol. The Hall–Kier alpha value is -1.14. The van der Waals surface area contributed by atoms with Crippen LogP contribution in [0.4, 0.5) is 0 Å². The zero-order valence-corrected chi connectivity index (χ0v) is 11.0. The van der Waals surface area contributed by atoms with Crippen molar-refractivity contribution in [1.82, 2.24) is 16.0 Å². The first kappa shape index (κ1) is 14.9. The third kappa shape index (κ3) is 8.03. The van der Waals surface area contributed by atoms with Crippen LogP contribution in [0.5, 0.6) is 0 Å². The zero-order chi connectivity index (χ0) is 13.2. The summed E-state index contributed by atoms with van der Waals surface area (Å²) in [4.78, 5) is 22.6. The minimum Gasteiger partial charge on any atom is -0.383 e. The Morgan fingerprint density at radius 1 is 1.17 bits per heavy atom. The van der Waals surface area contributed by atoms with E-state index in [2.05, 4.69) is 16.0 Å². The number of hydrogen-bond acceptors (Lipinski definition) is 4. The molecule has 1 saturated carbocycles. The van der Waals surface area contributed by atoms with Gasteiger partial charge in [0.2, 0.25) is 11.8 Å². The maximum Gasteiger partial charge on any atom is 0.233 e. The molecule has 0 saturated heterocycles. The van der Waals surface area contributed by atoms with E-state index in [1.54, 1.807) is 7.11 Å². The molecule has 1 aliphatic rings. The van der Waals surface area contributed by atoms with Gasteiger partial charge in [0.05, 0.1) is 13.2 Å². The van der Waals surface area contributed by atoms with Gasteiger partial charge in [0.15, 0.2) is 0 Å². The lowest BCUT2D eigenvalue weighted by molar-refractivity contribution is -0.122. The molecule has 104 valence electrons. The Kier molecular flexibility index (Phi) is 7.36. The molecule has 0 aromatic rings. The summed E-state index contributed by atoms with van der Waals surface area (Å²) in [6.45, 7) is 2.64. The topological polar surface area (TPSA) is 79.5 Å². The second-order valence-electron chi connectivity index (χ2n) is 4.52. The number of nitrogens with one attached hydrogen (secondary N) is 3. The first-order valence-corrected chi connectivity index (χ1v) is 6.45. The maximum absolute atomic E-state index is 11.4. The molecule has 6 heteroatoms. The van der Waals surface area contributed by atoms with E-state index in [9.17, 15) is 9.59 Å². The Morgan fingerprint density at radius 3 is 2.56 bits per heavy atom. The van der Waals surface area contributed by atoms with Crippen LogP contribution in [-0.2, 0) is 14.3 Å². The fourth-order valence-corrected chi connectivity index (χ4v) is 1.47. The number of rotatable bonds is 10. The summed E-state index contributed by atoms with van der Waals surface area (Å²) in [7, 11) is 1.58. The highest BCUT2D eigenvalue weighted by Gasteiger charge is 2.20. The molecule has 1 aliphatic carbocycles. The van der Waals surface area contributed by atoms with Gasteiger partial charge >= 0.3 is 0 Å². The van der Waals surface area contributed by atoms with Crippen LogP contribution in [0.25, 0.3) is 0 Å². The van der Waals surface area contributed by atoms with Crippen LogP contribution in [0.3, 0.4) is 0 Å². The highest BCUT2D eigenvalue weighted by atomic mass is 16.5. The van der Waals surface area contributed by atoms with E-state index in [4.69, 9.17) is 4.74 Å². The predicted molar refractivity (Wildman–Crippen MR) is 68.1 cm³/mol. The van der Waals surface area contributed by atoms with Crippen LogP contribution in [0.15, 0.2) is 0 Å². The molecule has 0 aromatic carbocycles. The smallest absolute Gasteiger partial charge is 0.233 e. The van der Waals surface area contributed by atoms with Crippen molar-refractivity contribution in [3.8, 4) is 0 Å². The number of carbonyl (C=O) groups is 2. The molecule has 0 radical (unpaired) electrons. The van der Waals surface area contributed by atoms with E-state index < -0.39 is 0 Å². The molecule has 0 unspecified atom stereocenters. The van der Waals surface area contributed by atoms with Crippen molar-refractivity contribution in [2.24, 2.45) is 5.92 Å². The predicted octanol–water partition coefficient (Wildman–Crippen LogP) is -0.745. The summed E-state index contributed by atoms with van der Waals surface area (Å²) in [5.41, 5.74) is 0. The minimum atomic E-state index is -0.0710. The molecule has 3 N–H and O–H groups in total. The van der Waals surface area contributed by atoms with Crippen LogP contribution >= 0.6 is 0 Å². The van der Waals surface area contributed by atoms with Gasteiger partial charge in [-0.2, -0.15) is 0 Å². The molecule has 0 aliphatic heterocycles. The van der Waals surface area contributed by atoms with Crippen molar-refractivity contribution in [1.29, 1.82) is 0 Å². The Bertz CT molecular complexity index is 267. The summed E-state index contributed by atoms with van der Waals surface area (Å²) in [6, 6.07) is 0. The quantitative estimate of drug-likeness (QED) is 0.450. The van der Waals surface area contributed by atoms with Crippen molar-refractivity contribution in [2.75, 3.05) is 39.9 Å². The second-order valence-corrected chi connectivity index (χ2v) is 4.52. The van der Waals surface area contributed by atoms with Gasteiger partial charge in [-0.15, -0.1) is 0 Å². The third-order valence-electron chi connectivity index (χ3n) is 2.72. The Morgan fingerprint density at radius 2 is 1.89 bits per heavy atom. The zero-order valence-electron chi connectivity index (χ0n) is 11.0. The molecule has 1 rings (SSSR count). The lowest BCUT2D eigenvalue weighted by Crippen LogP contribution is -2.37. The van der Waals surface area contributed by atoms with Crippen LogP contribution in [0.2, 0.25) is 0 Å². The summed E-state index contributed by atoms with van der Waals surface area (Å²) in [5.74, 6) is 0.642. The molecule has 0 heterocycles. The van der Waals surface area contributed by atoms with Gasteiger partial charge in [-0.3, -0.25) is 9.59 Å². The molecular formula is C12H23N3O3. The van der Waals surface area contributed by atoms with Crippen LogP contribution in [-0.4, -0.2) is 51.7 Å². The number of methoxy groups -OCH3 is 1. The third-order valence-corrected chi connectivity index (χ3v) is 2.72. The average molecular weight is 257 g/mol. The molecule has 0 atom stereocenters. The number of hydrogen-bond donors (Lipinski definition) is 3. The van der Waals surface area contributed by atoms with Crippen molar-refractivity contribution < 1.29 is 14.3 Å². The van der Waals surface area contributed by atoms with E-state index in [0.717, 1.165) is 12.5 Å². The Labute approximate surface area is 108 Å². The molecule has 0 aromatic heterocycles. The van der Waals surface area contributed by atoms with Crippen molar-refractivity contribution >= 4 is 11.8 Å². The van der Waals surface area contributed by atoms with E-state index >= 15 is 0 Å². The van der Waals surface area contributed by atoms with Gasteiger partial charge in [0, 0.05) is 26.6 Å². The average Bonchev–Trinajstić information content (AvgIpc) is 3.13. The van der Waals surface area contributed by atoms with Gasteiger partial charge < -0.3 is 20.7 Å². The van der Waals surface area contributed by atoms with Crippen LogP contribution < -0.4 is 16.0 Å². The van der Waals surface area contributed by atoms with Gasteiger partial charge in [0.1, 0.15) is 0 Å². The van der Waals surface area contributed by atoms with E-state index in [0.29, 0.717) is 32.7 Å². The normalized spacial score (nSPS) is 14.3. The number of amides is 2. The first-order valence-electron chi connectivity index (χ1n) is 6.45. The highest BCUT2D eigenvalue weighted by Crippen LogP contribution is 2.27. The number of carbonyl (C=O) groups excluding carboxylic acids is 2. The van der Waals surface area contributed by atoms with Crippen LogP contribution in [0.1, 0.15) is 19.3 Å². The fourth-order valence-electron chi connectivity index (χ4n) is 1.47. The van der Waals surface area contributed by atoms with Gasteiger partial charge in [-0.05, 0) is 25.3 Å². The molecule has 0 bridgehead atoms. The Balaban J connectivity index is 1.88. The van der Waals surface area contributed by atoms with E-state index in [1.807, 2.05) is 0 Å². The SMILES string of the molecule is COCCNC(=O)CCNC(=O)CNCC1CC1. The van der Waals surface area contributed by atoms with Gasteiger partial charge in [-0.25, -0.2) is 0 Å². The summed E-state index contributed by atoms with van der Waals surface area (Å²) in [6.07, 6.45) is 2.85. The molecule has 1 fully saturated rings. The summed E-state index contributed by atoms with van der Waals surface area (Å²) < 4.78 is 4.81. The molecule has 18 heavy (non-hydrogen) atoms. The van der Waals surface area contributed by atoms with Crippen molar-refractivity contribution in [3.05, 3.63) is 0 Å². The minimum absolute atomic E-state index is 0.0552. The molecule has 6 nitrogen and oxygen atoms in total. The summed E-state index contributed by atoms with van der Waals surface area (Å²) >= 11 is 0. The lowest BCUT2D eigenvalue weighted by Gasteiger charge is -2.07. The standard InChI is InChI=1S/C12H23N3O3/c1-18-7-6-15-11(16)4-5-14-12(17)9-13-8-10-2-3-10/h10,13H,2-9H2,1H3,(H,14,17)(H,15,16). The van der Waals surface area contributed by atoms with Gasteiger partial charge in [-0.1, -0.05) is 0 Å². The largest absolute Gasteiger partial charge is 0.383 e. The van der Waals surface area contributed by atoms with Crippen molar-refractivity contribution in [2.45, 2.75) is 19.3 Å². The monoisotopic (exact) mass is 257 g/mol. The van der Waals surface area contributed by atoms with Gasteiger partial charge in [0.25, 0.3) is 0 Å². The molecule has 2 amide bonds. The summed E-state index contributed by atoms with van der Waals surface area (Å²) in [5, 5.41) is 8.50. The highest BCUT2D eigenvalue weighted by molar-refractivity contribution is 5.80. The molecule has 0 spiro atoms. The fraction of sp³-hybridized carbons (Fsp3) is 0.833. The van der Waals surface area contributed by atoms with E-state index in [1.165, 1.54) is 12.8 Å². The number of ether oxygens (including phenoxy) is 1. The van der Waals surface area contributed by atoms with Crippen LogP contribution in [0, 0.1) is 5.92 Å². The van der Waals surface area contributed by atoms with Crippen molar-refractivity contribution in [3.63, 3.8) is 0 Å². The lowest BCUT2D eigenvalue weighted by atomic mass is 10.3. The first-order chi connectivity index (χ1) is 8.72. The van der Waals surface area contributed by atoms with E-state index in [-0.39, 0.29) is 11.8 Å². The maximum atomic E-state index is 11.4. The second kappa shape index (κ2) is 8.88.